The summed E-state index contributed by atoms with van der Waals surface area (Å²) >= 11 is 6.45. The predicted molar refractivity (Wildman–Crippen MR) is 143 cm³/mol. The highest BCUT2D eigenvalue weighted by Crippen LogP contribution is 2.22. The van der Waals surface area contributed by atoms with Crippen LogP contribution in [0.25, 0.3) is 0 Å². The van der Waals surface area contributed by atoms with Crippen LogP contribution in [0.4, 0.5) is 0 Å². The zero-order valence-electron chi connectivity index (χ0n) is 20.8. The van der Waals surface area contributed by atoms with Gasteiger partial charge in [0.2, 0.25) is 11.8 Å². The van der Waals surface area contributed by atoms with Crippen molar-refractivity contribution in [2.75, 3.05) is 6.54 Å². The molecule has 35 heavy (non-hydrogen) atoms. The van der Waals surface area contributed by atoms with Crippen LogP contribution in [0.1, 0.15) is 55.4 Å². The standard InChI is InChI=1S/C30H35ClN2O2/c1-4-32-30(35)28(20-24-10-6-5-7-11-24)33(21-26-12-8-9-13-27(26)31)29(34)19-16-23-14-17-25(18-15-23)22(2)3/h5-15,17-18,22,28H,4,16,19-21H2,1-3H3,(H,32,35). The lowest BCUT2D eigenvalue weighted by molar-refractivity contribution is -0.141. The van der Waals surface area contributed by atoms with Gasteiger partial charge in [-0.15, -0.1) is 0 Å². The first-order valence-electron chi connectivity index (χ1n) is 12.3. The minimum atomic E-state index is -0.635. The number of carbonyl (C=O) groups excluding carboxylic acids is 2. The lowest BCUT2D eigenvalue weighted by Gasteiger charge is -2.32. The van der Waals surface area contributed by atoms with Crippen molar-refractivity contribution in [3.63, 3.8) is 0 Å². The highest BCUT2D eigenvalue weighted by molar-refractivity contribution is 6.31. The Kier molecular flexibility index (Phi) is 9.92. The summed E-state index contributed by atoms with van der Waals surface area (Å²) in [6.45, 7) is 7.00. The highest BCUT2D eigenvalue weighted by atomic mass is 35.5. The Hall–Kier alpha value is -3.11. The van der Waals surface area contributed by atoms with Crippen molar-refractivity contribution in [1.29, 1.82) is 0 Å². The molecule has 2 amide bonds. The van der Waals surface area contributed by atoms with Crippen molar-refractivity contribution < 1.29 is 9.59 Å². The van der Waals surface area contributed by atoms with Crippen LogP contribution in [0, 0.1) is 0 Å². The van der Waals surface area contributed by atoms with Crippen molar-refractivity contribution in [1.82, 2.24) is 10.2 Å². The lowest BCUT2D eigenvalue weighted by atomic mass is 9.99. The molecule has 3 aromatic rings. The molecular weight excluding hydrogens is 456 g/mol. The summed E-state index contributed by atoms with van der Waals surface area (Å²) in [6, 6.07) is 25.1. The largest absolute Gasteiger partial charge is 0.355 e. The molecule has 0 aliphatic carbocycles. The van der Waals surface area contributed by atoms with E-state index in [1.165, 1.54) is 5.56 Å². The number of rotatable bonds is 11. The molecule has 0 spiro atoms. The highest BCUT2D eigenvalue weighted by Gasteiger charge is 2.30. The van der Waals surface area contributed by atoms with E-state index in [0.29, 0.717) is 36.7 Å². The van der Waals surface area contributed by atoms with Gasteiger partial charge >= 0.3 is 0 Å². The fourth-order valence-corrected chi connectivity index (χ4v) is 4.32. The first-order valence-corrected chi connectivity index (χ1v) is 12.7. The van der Waals surface area contributed by atoms with E-state index in [9.17, 15) is 9.59 Å². The number of amides is 2. The van der Waals surface area contributed by atoms with E-state index < -0.39 is 6.04 Å². The van der Waals surface area contributed by atoms with Crippen LogP contribution in [0.2, 0.25) is 5.02 Å². The van der Waals surface area contributed by atoms with Gasteiger partial charge in [0.1, 0.15) is 6.04 Å². The number of nitrogens with zero attached hydrogens (tertiary/aromatic N) is 1. The molecule has 0 heterocycles. The number of benzene rings is 3. The van der Waals surface area contributed by atoms with Gasteiger partial charge in [-0.2, -0.15) is 0 Å². The van der Waals surface area contributed by atoms with E-state index in [1.807, 2.05) is 61.5 Å². The molecule has 0 saturated carbocycles. The number of aryl methyl sites for hydroxylation is 1. The third-order valence-electron chi connectivity index (χ3n) is 6.19. The second-order valence-electron chi connectivity index (χ2n) is 9.11. The Bertz CT molecular complexity index is 1100. The van der Waals surface area contributed by atoms with E-state index >= 15 is 0 Å². The second kappa shape index (κ2) is 13.1. The summed E-state index contributed by atoms with van der Waals surface area (Å²) in [4.78, 5) is 28.6. The van der Waals surface area contributed by atoms with Crippen molar-refractivity contribution in [3.05, 3.63) is 106 Å². The zero-order chi connectivity index (χ0) is 25.2. The van der Waals surface area contributed by atoms with E-state index in [1.54, 1.807) is 4.90 Å². The molecule has 1 atom stereocenters. The Morgan fingerprint density at radius 1 is 0.886 bits per heavy atom. The van der Waals surface area contributed by atoms with Gasteiger partial charge in [0.05, 0.1) is 0 Å². The third-order valence-corrected chi connectivity index (χ3v) is 6.56. The summed E-state index contributed by atoms with van der Waals surface area (Å²) in [5.74, 6) is 0.246. The molecule has 4 nitrogen and oxygen atoms in total. The van der Waals surface area contributed by atoms with E-state index in [2.05, 4.69) is 43.4 Å². The summed E-state index contributed by atoms with van der Waals surface area (Å²) in [7, 11) is 0. The molecule has 0 aliphatic heterocycles. The Morgan fingerprint density at radius 3 is 2.17 bits per heavy atom. The van der Waals surface area contributed by atoms with Crippen LogP contribution in [0.15, 0.2) is 78.9 Å². The Balaban J connectivity index is 1.87. The van der Waals surface area contributed by atoms with Crippen molar-refractivity contribution in [2.24, 2.45) is 0 Å². The van der Waals surface area contributed by atoms with Crippen molar-refractivity contribution in [3.8, 4) is 0 Å². The predicted octanol–water partition coefficient (Wildman–Crippen LogP) is 6.17. The maximum atomic E-state index is 13.7. The fourth-order valence-electron chi connectivity index (χ4n) is 4.12. The Morgan fingerprint density at radius 2 is 1.54 bits per heavy atom. The topological polar surface area (TPSA) is 49.4 Å². The molecule has 3 aromatic carbocycles. The molecule has 184 valence electrons. The molecule has 0 radical (unpaired) electrons. The minimum absolute atomic E-state index is 0.0648. The number of hydrogen-bond acceptors (Lipinski definition) is 2. The lowest BCUT2D eigenvalue weighted by Crippen LogP contribution is -2.50. The average molecular weight is 491 g/mol. The normalized spacial score (nSPS) is 11.8. The number of carbonyl (C=O) groups is 2. The molecule has 0 aliphatic rings. The third kappa shape index (κ3) is 7.69. The summed E-state index contributed by atoms with van der Waals surface area (Å²) < 4.78 is 0. The number of halogens is 1. The molecule has 0 bridgehead atoms. The number of likely N-dealkylation sites (N-methyl/N-ethyl adjacent to an activating group) is 1. The van der Waals surface area contributed by atoms with E-state index in [-0.39, 0.29) is 18.4 Å². The maximum Gasteiger partial charge on any atom is 0.243 e. The van der Waals surface area contributed by atoms with Gasteiger partial charge in [0, 0.05) is 31.0 Å². The van der Waals surface area contributed by atoms with E-state index in [4.69, 9.17) is 11.6 Å². The molecular formula is C30H35ClN2O2. The second-order valence-corrected chi connectivity index (χ2v) is 9.52. The van der Waals surface area contributed by atoms with Crippen LogP contribution >= 0.6 is 11.6 Å². The molecule has 1 N–H and O–H groups in total. The number of hydrogen-bond donors (Lipinski definition) is 1. The first kappa shape index (κ1) is 26.5. The first-order chi connectivity index (χ1) is 16.9. The SMILES string of the molecule is CCNC(=O)C(Cc1ccccc1)N(Cc1ccccc1Cl)C(=O)CCc1ccc(C(C)C)cc1. The van der Waals surface area contributed by atoms with Gasteiger partial charge in [0.15, 0.2) is 0 Å². The number of nitrogens with one attached hydrogen (secondary N) is 1. The quantitative estimate of drug-likeness (QED) is 0.349. The van der Waals surface area contributed by atoms with Crippen molar-refractivity contribution >= 4 is 23.4 Å². The molecule has 0 aromatic heterocycles. The van der Waals surface area contributed by atoms with Crippen LogP contribution in [0.3, 0.4) is 0 Å². The maximum absolute atomic E-state index is 13.7. The van der Waals surface area contributed by atoms with Gasteiger partial charge in [-0.25, -0.2) is 0 Å². The van der Waals surface area contributed by atoms with Crippen LogP contribution < -0.4 is 5.32 Å². The smallest absolute Gasteiger partial charge is 0.243 e. The van der Waals surface area contributed by atoms with E-state index in [0.717, 1.165) is 16.7 Å². The van der Waals surface area contributed by atoms with Crippen molar-refractivity contribution in [2.45, 2.75) is 58.5 Å². The van der Waals surface area contributed by atoms with Gasteiger partial charge in [-0.3, -0.25) is 9.59 Å². The summed E-state index contributed by atoms with van der Waals surface area (Å²) in [5, 5.41) is 3.51. The van der Waals surface area contributed by atoms with Gasteiger partial charge in [-0.1, -0.05) is 98.2 Å². The van der Waals surface area contributed by atoms with Gasteiger partial charge in [-0.05, 0) is 47.6 Å². The fraction of sp³-hybridized carbons (Fsp3) is 0.333. The van der Waals surface area contributed by atoms with Gasteiger partial charge in [0.25, 0.3) is 0 Å². The molecule has 0 fully saturated rings. The summed E-state index contributed by atoms with van der Waals surface area (Å²) in [6.07, 6.45) is 1.37. The molecule has 5 heteroatoms. The Labute approximate surface area is 214 Å². The van der Waals surface area contributed by atoms with Crippen LogP contribution in [-0.4, -0.2) is 29.3 Å². The van der Waals surface area contributed by atoms with Gasteiger partial charge < -0.3 is 10.2 Å². The summed E-state index contributed by atoms with van der Waals surface area (Å²) in [5.41, 5.74) is 4.22. The van der Waals surface area contributed by atoms with Crippen LogP contribution in [0.5, 0.6) is 0 Å². The average Bonchev–Trinajstić information content (AvgIpc) is 2.86. The molecule has 3 rings (SSSR count). The van der Waals surface area contributed by atoms with Crippen LogP contribution in [-0.2, 0) is 29.0 Å². The minimum Gasteiger partial charge on any atom is -0.355 e. The molecule has 1 unspecified atom stereocenters. The molecule has 0 saturated heterocycles. The monoisotopic (exact) mass is 490 g/mol. The zero-order valence-corrected chi connectivity index (χ0v) is 21.6.